The maximum atomic E-state index is 12.0. The number of aromatic carboxylic acids is 1. The number of benzene rings is 1. The van der Waals surface area contributed by atoms with E-state index in [0.29, 0.717) is 24.2 Å². The summed E-state index contributed by atoms with van der Waals surface area (Å²) in [5.41, 5.74) is 0.699. The van der Waals surface area contributed by atoms with Crippen molar-refractivity contribution in [2.24, 2.45) is 5.41 Å². The van der Waals surface area contributed by atoms with Gasteiger partial charge in [0.25, 0.3) is 0 Å². The molecule has 2 amide bonds. The summed E-state index contributed by atoms with van der Waals surface area (Å²) in [6.07, 6.45) is 0.721. The molecule has 0 saturated carbocycles. The lowest BCUT2D eigenvalue weighted by Gasteiger charge is -2.17. The third kappa shape index (κ3) is 7.34. The molecule has 3 N–H and O–H groups in total. The second kappa shape index (κ2) is 9.17. The van der Waals surface area contributed by atoms with Crippen molar-refractivity contribution < 1.29 is 24.2 Å². The Kier molecular flexibility index (Phi) is 7.57. The van der Waals surface area contributed by atoms with Gasteiger partial charge in [-0.2, -0.15) is 0 Å². The molecule has 0 aliphatic heterocycles. The van der Waals surface area contributed by atoms with E-state index in [-0.39, 0.29) is 30.4 Å². The largest absolute Gasteiger partial charge is 0.478 e. The molecule has 0 fully saturated rings. The summed E-state index contributed by atoms with van der Waals surface area (Å²) in [5, 5.41) is 14.6. The van der Waals surface area contributed by atoms with E-state index >= 15 is 0 Å². The van der Waals surface area contributed by atoms with Gasteiger partial charge in [0.05, 0.1) is 12.2 Å². The number of nitrogens with one attached hydrogen (secondary N) is 2. The van der Waals surface area contributed by atoms with Crippen molar-refractivity contribution in [1.29, 1.82) is 0 Å². The van der Waals surface area contributed by atoms with E-state index in [2.05, 4.69) is 10.6 Å². The number of anilines is 1. The first-order chi connectivity index (χ1) is 11.6. The Labute approximate surface area is 147 Å². The van der Waals surface area contributed by atoms with Crippen molar-refractivity contribution in [3.63, 3.8) is 0 Å². The van der Waals surface area contributed by atoms with E-state index < -0.39 is 11.4 Å². The van der Waals surface area contributed by atoms with Crippen LogP contribution in [0.15, 0.2) is 18.2 Å². The van der Waals surface area contributed by atoms with Gasteiger partial charge in [-0.05, 0) is 30.2 Å². The number of carbonyl (C=O) groups excluding carboxylic acids is 2. The van der Waals surface area contributed by atoms with E-state index in [1.807, 2.05) is 20.8 Å². The minimum atomic E-state index is -1.07. The van der Waals surface area contributed by atoms with Crippen LogP contribution in [0, 0.1) is 5.41 Å². The molecule has 1 aromatic carbocycles. The van der Waals surface area contributed by atoms with Crippen LogP contribution in [0.1, 0.15) is 49.5 Å². The molecule has 25 heavy (non-hydrogen) atoms. The second-order valence-corrected chi connectivity index (χ2v) is 6.81. The third-order valence-corrected chi connectivity index (χ3v) is 3.38. The van der Waals surface area contributed by atoms with Crippen molar-refractivity contribution in [3.8, 4) is 0 Å². The first-order valence-corrected chi connectivity index (χ1v) is 8.08. The summed E-state index contributed by atoms with van der Waals surface area (Å²) in [6, 6.07) is 4.58. The average molecular weight is 350 g/mol. The number of carboxylic acid groups (broad SMARTS) is 1. The Balaban J connectivity index is 2.56. The molecule has 0 aliphatic rings. The molecule has 1 rings (SSSR count). The molecule has 0 unspecified atom stereocenters. The third-order valence-electron chi connectivity index (χ3n) is 3.38. The fraction of sp³-hybridized carbons (Fsp3) is 0.500. The molecule has 0 atom stereocenters. The maximum absolute atomic E-state index is 12.0. The molecule has 0 spiro atoms. The fourth-order valence-electron chi connectivity index (χ4n) is 2.08. The Hall–Kier alpha value is -2.41. The number of amides is 2. The van der Waals surface area contributed by atoms with Crippen LogP contribution in [-0.2, 0) is 20.9 Å². The van der Waals surface area contributed by atoms with Crippen LogP contribution in [0.5, 0.6) is 0 Å². The van der Waals surface area contributed by atoms with Gasteiger partial charge in [0.2, 0.25) is 11.8 Å². The average Bonchev–Trinajstić information content (AvgIpc) is 2.50. The predicted octanol–water partition coefficient (Wildman–Crippen LogP) is 2.41. The van der Waals surface area contributed by atoms with Crippen molar-refractivity contribution in [1.82, 2.24) is 5.32 Å². The van der Waals surface area contributed by atoms with Crippen LogP contribution in [0.4, 0.5) is 5.69 Å². The van der Waals surface area contributed by atoms with E-state index in [0.717, 1.165) is 0 Å². The maximum Gasteiger partial charge on any atom is 0.335 e. The van der Waals surface area contributed by atoms with Crippen molar-refractivity contribution in [3.05, 3.63) is 29.3 Å². The highest BCUT2D eigenvalue weighted by molar-refractivity contribution is 5.94. The Morgan fingerprint density at radius 2 is 1.84 bits per heavy atom. The number of methoxy groups -OCH3 is 1. The standard InChI is InChI=1S/C18H26N2O5/c1-18(2,3)17(24)19-7-5-6-15(21)20-14-9-12(11-25-4)8-13(10-14)16(22)23/h8-10H,5-7,11H2,1-4H3,(H,19,24)(H,20,21)(H,22,23). The Morgan fingerprint density at radius 3 is 2.40 bits per heavy atom. The highest BCUT2D eigenvalue weighted by Gasteiger charge is 2.20. The first-order valence-electron chi connectivity index (χ1n) is 8.08. The number of hydrogen-bond donors (Lipinski definition) is 3. The van der Waals surface area contributed by atoms with Gasteiger partial charge in [-0.3, -0.25) is 9.59 Å². The SMILES string of the molecule is COCc1cc(NC(=O)CCCNC(=O)C(C)(C)C)cc(C(=O)O)c1. The molecule has 0 aromatic heterocycles. The number of carbonyl (C=O) groups is 3. The molecule has 7 nitrogen and oxygen atoms in total. The molecular weight excluding hydrogens is 324 g/mol. The lowest BCUT2D eigenvalue weighted by atomic mass is 9.96. The van der Waals surface area contributed by atoms with Gasteiger partial charge in [0, 0.05) is 31.2 Å². The van der Waals surface area contributed by atoms with Crippen LogP contribution in [-0.4, -0.2) is 36.5 Å². The molecule has 0 radical (unpaired) electrons. The quantitative estimate of drug-likeness (QED) is 0.625. The van der Waals surface area contributed by atoms with Gasteiger partial charge in [-0.25, -0.2) is 4.79 Å². The molecule has 0 heterocycles. The van der Waals surface area contributed by atoms with Gasteiger partial charge < -0.3 is 20.5 Å². The van der Waals surface area contributed by atoms with Gasteiger partial charge in [-0.1, -0.05) is 20.8 Å². The summed E-state index contributed by atoms with van der Waals surface area (Å²) >= 11 is 0. The lowest BCUT2D eigenvalue weighted by molar-refractivity contribution is -0.128. The van der Waals surface area contributed by atoms with Crippen LogP contribution in [0.25, 0.3) is 0 Å². The van der Waals surface area contributed by atoms with Crippen LogP contribution in [0.3, 0.4) is 0 Å². The minimum absolute atomic E-state index is 0.0636. The zero-order valence-corrected chi connectivity index (χ0v) is 15.1. The van der Waals surface area contributed by atoms with Crippen LogP contribution >= 0.6 is 0 Å². The Bertz CT molecular complexity index is 635. The van der Waals surface area contributed by atoms with E-state index in [1.165, 1.54) is 19.2 Å². The number of rotatable bonds is 8. The zero-order chi connectivity index (χ0) is 19.0. The van der Waals surface area contributed by atoms with E-state index in [1.54, 1.807) is 6.07 Å². The number of ether oxygens (including phenoxy) is 1. The number of hydrogen-bond acceptors (Lipinski definition) is 4. The predicted molar refractivity (Wildman–Crippen MR) is 94.4 cm³/mol. The van der Waals surface area contributed by atoms with Gasteiger partial charge >= 0.3 is 5.97 Å². The van der Waals surface area contributed by atoms with Crippen LogP contribution < -0.4 is 10.6 Å². The number of carboxylic acids is 1. The molecule has 0 aliphatic carbocycles. The zero-order valence-electron chi connectivity index (χ0n) is 15.1. The molecule has 7 heteroatoms. The van der Waals surface area contributed by atoms with Gasteiger partial charge in [-0.15, -0.1) is 0 Å². The van der Waals surface area contributed by atoms with Gasteiger partial charge in [0.1, 0.15) is 0 Å². The van der Waals surface area contributed by atoms with Crippen molar-refractivity contribution in [2.75, 3.05) is 19.0 Å². The summed E-state index contributed by atoms with van der Waals surface area (Å²) < 4.78 is 5.01. The van der Waals surface area contributed by atoms with E-state index in [9.17, 15) is 14.4 Å². The second-order valence-electron chi connectivity index (χ2n) is 6.81. The van der Waals surface area contributed by atoms with Gasteiger partial charge in [0.15, 0.2) is 0 Å². The molecule has 1 aromatic rings. The minimum Gasteiger partial charge on any atom is -0.478 e. The summed E-state index contributed by atoms with van der Waals surface area (Å²) in [4.78, 5) is 34.9. The van der Waals surface area contributed by atoms with Crippen molar-refractivity contribution in [2.45, 2.75) is 40.2 Å². The lowest BCUT2D eigenvalue weighted by Crippen LogP contribution is -2.35. The monoisotopic (exact) mass is 350 g/mol. The molecule has 138 valence electrons. The molecular formula is C18H26N2O5. The smallest absolute Gasteiger partial charge is 0.335 e. The topological polar surface area (TPSA) is 105 Å². The molecule has 0 bridgehead atoms. The highest BCUT2D eigenvalue weighted by Crippen LogP contribution is 2.17. The normalized spacial score (nSPS) is 11.0. The summed E-state index contributed by atoms with van der Waals surface area (Å²) in [5.74, 6) is -1.37. The van der Waals surface area contributed by atoms with Crippen molar-refractivity contribution >= 4 is 23.5 Å². The fourth-order valence-corrected chi connectivity index (χ4v) is 2.08. The molecule has 0 saturated heterocycles. The van der Waals surface area contributed by atoms with E-state index in [4.69, 9.17) is 9.84 Å². The first kappa shape index (κ1) is 20.6. The summed E-state index contributed by atoms with van der Waals surface area (Å²) in [7, 11) is 1.51. The summed E-state index contributed by atoms with van der Waals surface area (Å²) in [6.45, 7) is 6.13. The van der Waals surface area contributed by atoms with Crippen LogP contribution in [0.2, 0.25) is 0 Å². The Morgan fingerprint density at radius 1 is 1.16 bits per heavy atom. The highest BCUT2D eigenvalue weighted by atomic mass is 16.5.